The third-order valence-electron chi connectivity index (χ3n) is 5.40. The van der Waals surface area contributed by atoms with Gasteiger partial charge in [0.25, 0.3) is 0 Å². The highest BCUT2D eigenvalue weighted by Gasteiger charge is 2.19. The van der Waals surface area contributed by atoms with E-state index in [4.69, 9.17) is 4.74 Å². The lowest BCUT2D eigenvalue weighted by molar-refractivity contribution is -0.121. The van der Waals surface area contributed by atoms with E-state index in [1.54, 1.807) is 0 Å². The van der Waals surface area contributed by atoms with Crippen LogP contribution in [0.2, 0.25) is 0 Å². The van der Waals surface area contributed by atoms with Crippen LogP contribution in [0.15, 0.2) is 18.2 Å². The molecule has 0 bridgehead atoms. The molecule has 0 aliphatic carbocycles. The Labute approximate surface area is 156 Å². The van der Waals surface area contributed by atoms with Crippen LogP contribution < -0.4 is 5.32 Å². The van der Waals surface area contributed by atoms with Crippen LogP contribution in [0.25, 0.3) is 10.9 Å². The molecular formula is C21H31N3O2. The first-order valence-corrected chi connectivity index (χ1v) is 9.80. The number of nitrogens with one attached hydrogen (secondary N) is 2. The molecule has 1 fully saturated rings. The zero-order valence-electron chi connectivity index (χ0n) is 16.2. The Morgan fingerprint density at radius 3 is 2.77 bits per heavy atom. The highest BCUT2D eigenvalue weighted by atomic mass is 16.5. The second-order valence-electron chi connectivity index (χ2n) is 7.18. The van der Waals surface area contributed by atoms with Crippen molar-refractivity contribution >= 4 is 16.8 Å². The molecule has 1 aliphatic rings. The van der Waals surface area contributed by atoms with Gasteiger partial charge in [-0.05, 0) is 30.9 Å². The summed E-state index contributed by atoms with van der Waals surface area (Å²) in [4.78, 5) is 18.6. The SMILES string of the molecule is CCc1cccc2c(CC(=O)NC(CC)CN3CCOCC3)c(C)[nH]c12. The summed E-state index contributed by atoms with van der Waals surface area (Å²) in [5, 5.41) is 4.42. The number of aromatic amines is 1. The molecule has 1 unspecified atom stereocenters. The van der Waals surface area contributed by atoms with Gasteiger partial charge in [-0.15, -0.1) is 0 Å². The first-order chi connectivity index (χ1) is 12.6. The fourth-order valence-corrected chi connectivity index (χ4v) is 3.80. The summed E-state index contributed by atoms with van der Waals surface area (Å²) in [6.45, 7) is 10.7. The lowest BCUT2D eigenvalue weighted by atomic mass is 10.0. The number of H-pyrrole nitrogens is 1. The van der Waals surface area contributed by atoms with Gasteiger partial charge in [-0.25, -0.2) is 0 Å². The molecule has 0 radical (unpaired) electrons. The number of ether oxygens (including phenoxy) is 1. The van der Waals surface area contributed by atoms with Crippen LogP contribution in [-0.4, -0.2) is 54.7 Å². The molecule has 1 saturated heterocycles. The number of carbonyl (C=O) groups is 1. The number of benzene rings is 1. The van der Waals surface area contributed by atoms with Gasteiger partial charge >= 0.3 is 0 Å². The van der Waals surface area contributed by atoms with Gasteiger partial charge in [0.1, 0.15) is 0 Å². The highest BCUT2D eigenvalue weighted by Crippen LogP contribution is 2.25. The van der Waals surface area contributed by atoms with Crippen molar-refractivity contribution < 1.29 is 9.53 Å². The Morgan fingerprint density at radius 1 is 1.31 bits per heavy atom. The number of hydrogen-bond donors (Lipinski definition) is 2. The first-order valence-electron chi connectivity index (χ1n) is 9.80. The Hall–Kier alpha value is -1.85. The van der Waals surface area contributed by atoms with Crippen LogP contribution in [0.4, 0.5) is 0 Å². The maximum Gasteiger partial charge on any atom is 0.224 e. The van der Waals surface area contributed by atoms with Crippen LogP contribution in [0.5, 0.6) is 0 Å². The largest absolute Gasteiger partial charge is 0.379 e. The zero-order chi connectivity index (χ0) is 18.5. The van der Waals surface area contributed by atoms with E-state index in [9.17, 15) is 4.79 Å². The second-order valence-corrected chi connectivity index (χ2v) is 7.18. The number of morpholine rings is 1. The molecule has 5 heteroatoms. The molecule has 1 amide bonds. The van der Waals surface area contributed by atoms with E-state index in [2.05, 4.69) is 54.2 Å². The van der Waals surface area contributed by atoms with E-state index < -0.39 is 0 Å². The minimum atomic E-state index is 0.107. The number of amides is 1. The van der Waals surface area contributed by atoms with E-state index in [1.165, 1.54) is 16.5 Å². The third-order valence-corrected chi connectivity index (χ3v) is 5.40. The Morgan fingerprint density at radius 2 is 2.08 bits per heavy atom. The lowest BCUT2D eigenvalue weighted by Crippen LogP contribution is -2.47. The molecule has 2 aromatic rings. The summed E-state index contributed by atoms with van der Waals surface area (Å²) in [6.07, 6.45) is 2.36. The fourth-order valence-electron chi connectivity index (χ4n) is 3.80. The van der Waals surface area contributed by atoms with Crippen LogP contribution in [0.1, 0.15) is 37.1 Å². The number of carbonyl (C=O) groups excluding carboxylic acids is 1. The number of nitrogens with zero attached hydrogens (tertiary/aromatic N) is 1. The molecule has 0 spiro atoms. The number of aromatic nitrogens is 1. The third kappa shape index (κ3) is 4.27. The highest BCUT2D eigenvalue weighted by molar-refractivity contribution is 5.91. The van der Waals surface area contributed by atoms with Crippen molar-refractivity contribution in [1.29, 1.82) is 0 Å². The van der Waals surface area contributed by atoms with Crippen molar-refractivity contribution in [3.63, 3.8) is 0 Å². The van der Waals surface area contributed by atoms with E-state index in [1.807, 2.05) is 0 Å². The molecule has 0 saturated carbocycles. The van der Waals surface area contributed by atoms with Gasteiger partial charge < -0.3 is 15.0 Å². The van der Waals surface area contributed by atoms with E-state index in [-0.39, 0.29) is 11.9 Å². The van der Waals surface area contributed by atoms with Crippen molar-refractivity contribution in [3.05, 3.63) is 35.0 Å². The maximum atomic E-state index is 12.7. The van der Waals surface area contributed by atoms with Gasteiger partial charge in [0.2, 0.25) is 5.91 Å². The van der Waals surface area contributed by atoms with Gasteiger partial charge in [-0.2, -0.15) is 0 Å². The summed E-state index contributed by atoms with van der Waals surface area (Å²) in [5.41, 5.74) is 4.69. The summed E-state index contributed by atoms with van der Waals surface area (Å²) in [5.74, 6) is 0.107. The zero-order valence-corrected chi connectivity index (χ0v) is 16.2. The van der Waals surface area contributed by atoms with Crippen molar-refractivity contribution in [2.75, 3.05) is 32.8 Å². The molecule has 26 heavy (non-hydrogen) atoms. The van der Waals surface area contributed by atoms with Gasteiger partial charge in [0.05, 0.1) is 19.6 Å². The molecule has 1 atom stereocenters. The van der Waals surface area contributed by atoms with Gasteiger partial charge in [0.15, 0.2) is 0 Å². The monoisotopic (exact) mass is 357 g/mol. The molecule has 3 rings (SSSR count). The minimum Gasteiger partial charge on any atom is -0.379 e. The van der Waals surface area contributed by atoms with E-state index in [0.717, 1.165) is 56.9 Å². The summed E-state index contributed by atoms with van der Waals surface area (Å²) >= 11 is 0. The molecule has 2 N–H and O–H groups in total. The predicted molar refractivity (Wildman–Crippen MR) is 106 cm³/mol. The maximum absolute atomic E-state index is 12.7. The fraction of sp³-hybridized carbons (Fsp3) is 0.571. The average molecular weight is 357 g/mol. The van der Waals surface area contributed by atoms with Crippen LogP contribution in [-0.2, 0) is 22.4 Å². The van der Waals surface area contributed by atoms with E-state index >= 15 is 0 Å². The number of fused-ring (bicyclic) bond motifs is 1. The van der Waals surface area contributed by atoms with Crippen molar-refractivity contribution in [2.45, 2.75) is 46.1 Å². The second kappa shape index (κ2) is 8.69. The molecule has 1 aromatic carbocycles. The molecular weight excluding hydrogens is 326 g/mol. The van der Waals surface area contributed by atoms with E-state index in [0.29, 0.717) is 6.42 Å². The predicted octanol–water partition coefficient (Wildman–Crippen LogP) is 2.81. The van der Waals surface area contributed by atoms with Gasteiger partial charge in [-0.3, -0.25) is 9.69 Å². The molecule has 1 aromatic heterocycles. The average Bonchev–Trinajstić information content (AvgIpc) is 2.97. The van der Waals surface area contributed by atoms with Crippen LogP contribution in [0, 0.1) is 6.92 Å². The first kappa shape index (κ1) is 18.9. The quantitative estimate of drug-likeness (QED) is 0.801. The van der Waals surface area contributed by atoms with Crippen LogP contribution >= 0.6 is 0 Å². The van der Waals surface area contributed by atoms with Crippen molar-refractivity contribution in [1.82, 2.24) is 15.2 Å². The molecule has 142 valence electrons. The minimum absolute atomic E-state index is 0.107. The lowest BCUT2D eigenvalue weighted by Gasteiger charge is -2.30. The number of hydrogen-bond acceptors (Lipinski definition) is 3. The summed E-state index contributed by atoms with van der Waals surface area (Å²) in [7, 11) is 0. The molecule has 1 aliphatic heterocycles. The standard InChI is InChI=1S/C21H31N3O2/c1-4-16-7-6-8-18-19(15(3)22-21(16)18)13-20(25)23-17(5-2)14-24-9-11-26-12-10-24/h6-8,17,22H,4-5,9-14H2,1-3H3,(H,23,25). The van der Waals surface area contributed by atoms with Gasteiger partial charge in [-0.1, -0.05) is 32.0 Å². The Kier molecular flexibility index (Phi) is 6.33. The van der Waals surface area contributed by atoms with Gasteiger partial charge in [0, 0.05) is 42.3 Å². The summed E-state index contributed by atoms with van der Waals surface area (Å²) < 4.78 is 5.41. The normalized spacial score (nSPS) is 16.7. The van der Waals surface area contributed by atoms with Crippen molar-refractivity contribution in [2.24, 2.45) is 0 Å². The molecule has 5 nitrogen and oxygen atoms in total. The number of rotatable bonds is 7. The Bertz CT molecular complexity index is 747. The topological polar surface area (TPSA) is 57.4 Å². The Balaban J connectivity index is 1.67. The summed E-state index contributed by atoms with van der Waals surface area (Å²) in [6, 6.07) is 6.55. The molecule has 2 heterocycles. The number of aryl methyl sites for hydroxylation is 2. The number of para-hydroxylation sites is 1. The van der Waals surface area contributed by atoms with Crippen LogP contribution in [0.3, 0.4) is 0 Å². The smallest absolute Gasteiger partial charge is 0.224 e. The van der Waals surface area contributed by atoms with Crippen molar-refractivity contribution in [3.8, 4) is 0 Å².